The fourth-order valence-corrected chi connectivity index (χ4v) is 3.73. The van der Waals surface area contributed by atoms with Crippen molar-refractivity contribution < 1.29 is 0 Å². The van der Waals surface area contributed by atoms with E-state index in [1.54, 1.807) is 6.33 Å². The molecule has 0 atom stereocenters. The lowest BCUT2D eigenvalue weighted by atomic mass is 10.1. The van der Waals surface area contributed by atoms with Gasteiger partial charge in [0.1, 0.15) is 12.2 Å². The molecule has 1 heterocycles. The lowest BCUT2D eigenvalue weighted by Gasteiger charge is -2.16. The molecule has 0 bridgehead atoms. The highest BCUT2D eigenvalue weighted by molar-refractivity contribution is 5.32. The summed E-state index contributed by atoms with van der Waals surface area (Å²) < 4.78 is 2.22. The summed E-state index contributed by atoms with van der Waals surface area (Å²) in [6.45, 7) is 0. The van der Waals surface area contributed by atoms with E-state index in [4.69, 9.17) is 0 Å². The van der Waals surface area contributed by atoms with E-state index in [2.05, 4.69) is 39.0 Å². The van der Waals surface area contributed by atoms with Gasteiger partial charge < -0.3 is 0 Å². The van der Waals surface area contributed by atoms with Crippen LogP contribution in [0.2, 0.25) is 0 Å². The van der Waals surface area contributed by atoms with Crippen LogP contribution in [0.1, 0.15) is 54.6 Å². The average Bonchev–Trinajstić information content (AvgIpc) is 3.17. The molecule has 0 spiro atoms. The summed E-state index contributed by atoms with van der Waals surface area (Å²) in [6.07, 6.45) is 9.25. The first kappa shape index (κ1) is 11.2. The Bertz CT molecular complexity index is 556. The normalized spacial score (nSPS) is 20.0. The molecular weight excluding hydrogens is 234 g/mol. The molecule has 1 aromatic carbocycles. The molecule has 1 aromatic heterocycles. The largest absolute Gasteiger partial charge is 0.246 e. The molecule has 3 nitrogen and oxygen atoms in total. The van der Waals surface area contributed by atoms with Crippen LogP contribution in [0.3, 0.4) is 0 Å². The zero-order valence-electron chi connectivity index (χ0n) is 11.1. The monoisotopic (exact) mass is 253 g/mol. The Labute approximate surface area is 113 Å². The molecule has 4 rings (SSSR count). The quantitative estimate of drug-likeness (QED) is 0.822. The van der Waals surface area contributed by atoms with Crippen LogP contribution in [0.15, 0.2) is 30.6 Å². The maximum Gasteiger partial charge on any atom is 0.138 e. The number of fused-ring (bicyclic) bond motifs is 1. The van der Waals surface area contributed by atoms with Crippen molar-refractivity contribution in [2.45, 2.75) is 50.5 Å². The second-order valence-electron chi connectivity index (χ2n) is 5.87. The summed E-state index contributed by atoms with van der Waals surface area (Å²) >= 11 is 0. The van der Waals surface area contributed by atoms with E-state index < -0.39 is 0 Å². The molecule has 1 fully saturated rings. The highest BCUT2D eigenvalue weighted by Gasteiger charge is 2.28. The average molecular weight is 253 g/mol. The number of benzene rings is 1. The van der Waals surface area contributed by atoms with Gasteiger partial charge in [0.05, 0.1) is 6.04 Å². The van der Waals surface area contributed by atoms with Crippen LogP contribution < -0.4 is 0 Å². The fraction of sp³-hybridized carbons (Fsp3) is 0.500. The van der Waals surface area contributed by atoms with Crippen molar-refractivity contribution in [2.75, 3.05) is 0 Å². The van der Waals surface area contributed by atoms with Crippen molar-refractivity contribution in [3.63, 3.8) is 0 Å². The summed E-state index contributed by atoms with van der Waals surface area (Å²) in [4.78, 5) is 4.56. The highest BCUT2D eigenvalue weighted by Crippen LogP contribution is 2.36. The predicted octanol–water partition coefficient (Wildman–Crippen LogP) is 3.28. The summed E-state index contributed by atoms with van der Waals surface area (Å²) in [5, 5.41) is 4.53. The third-order valence-corrected chi connectivity index (χ3v) is 4.70. The number of aromatic nitrogens is 3. The van der Waals surface area contributed by atoms with Crippen molar-refractivity contribution in [1.29, 1.82) is 0 Å². The number of rotatable bonds is 2. The van der Waals surface area contributed by atoms with Gasteiger partial charge in [-0.25, -0.2) is 9.67 Å². The molecule has 0 aliphatic heterocycles. The standard InChI is InChI=1S/C16H19N3/c1-2-6-12(5-1)16-17-11-18-19(16)15-9-13-7-3-4-8-14(13)10-15/h3-4,7-8,11-12,15H,1-2,5-6,9-10H2. The Morgan fingerprint density at radius 3 is 2.37 bits per heavy atom. The van der Waals surface area contributed by atoms with Crippen LogP contribution in [0.25, 0.3) is 0 Å². The number of nitrogens with zero attached hydrogens (tertiary/aromatic N) is 3. The van der Waals surface area contributed by atoms with Crippen LogP contribution in [-0.2, 0) is 12.8 Å². The fourth-order valence-electron chi connectivity index (χ4n) is 3.73. The first-order valence-corrected chi connectivity index (χ1v) is 7.38. The first-order valence-electron chi connectivity index (χ1n) is 7.38. The second-order valence-corrected chi connectivity index (χ2v) is 5.87. The Morgan fingerprint density at radius 2 is 1.68 bits per heavy atom. The van der Waals surface area contributed by atoms with Gasteiger partial charge in [0.2, 0.25) is 0 Å². The van der Waals surface area contributed by atoms with Crippen LogP contribution in [0.4, 0.5) is 0 Å². The molecule has 0 saturated heterocycles. The van der Waals surface area contributed by atoms with Gasteiger partial charge in [-0.05, 0) is 36.8 Å². The van der Waals surface area contributed by atoms with Crippen molar-refractivity contribution >= 4 is 0 Å². The van der Waals surface area contributed by atoms with E-state index >= 15 is 0 Å². The molecule has 3 heteroatoms. The Hall–Kier alpha value is -1.64. The van der Waals surface area contributed by atoms with E-state index in [0.29, 0.717) is 12.0 Å². The molecule has 1 saturated carbocycles. The Kier molecular flexibility index (Phi) is 2.64. The molecule has 19 heavy (non-hydrogen) atoms. The molecular formula is C16H19N3. The first-order chi connectivity index (χ1) is 9.42. The summed E-state index contributed by atoms with van der Waals surface area (Å²) in [7, 11) is 0. The molecule has 2 aliphatic rings. The van der Waals surface area contributed by atoms with Gasteiger partial charge in [-0.2, -0.15) is 5.10 Å². The van der Waals surface area contributed by atoms with Gasteiger partial charge in [0, 0.05) is 5.92 Å². The van der Waals surface area contributed by atoms with E-state index in [-0.39, 0.29) is 0 Å². The van der Waals surface area contributed by atoms with Crippen molar-refractivity contribution in [3.05, 3.63) is 47.5 Å². The lowest BCUT2D eigenvalue weighted by molar-refractivity contribution is 0.436. The van der Waals surface area contributed by atoms with E-state index in [9.17, 15) is 0 Å². The van der Waals surface area contributed by atoms with Gasteiger partial charge in [0.25, 0.3) is 0 Å². The van der Waals surface area contributed by atoms with Gasteiger partial charge in [-0.15, -0.1) is 0 Å². The molecule has 0 radical (unpaired) electrons. The van der Waals surface area contributed by atoms with Gasteiger partial charge in [-0.1, -0.05) is 37.1 Å². The topological polar surface area (TPSA) is 30.7 Å². The molecule has 2 aliphatic carbocycles. The van der Waals surface area contributed by atoms with E-state index in [0.717, 1.165) is 12.8 Å². The SMILES string of the molecule is c1ccc2c(c1)CC(n1ncnc1C1CCCC1)C2. The van der Waals surface area contributed by atoms with Crippen LogP contribution in [-0.4, -0.2) is 14.8 Å². The van der Waals surface area contributed by atoms with Gasteiger partial charge in [0.15, 0.2) is 0 Å². The number of hydrogen-bond acceptors (Lipinski definition) is 2. The van der Waals surface area contributed by atoms with Crippen LogP contribution in [0.5, 0.6) is 0 Å². The molecule has 98 valence electrons. The molecule has 2 aromatic rings. The zero-order chi connectivity index (χ0) is 12.7. The van der Waals surface area contributed by atoms with Crippen molar-refractivity contribution in [3.8, 4) is 0 Å². The minimum atomic E-state index is 0.482. The third-order valence-electron chi connectivity index (χ3n) is 4.70. The van der Waals surface area contributed by atoms with Crippen molar-refractivity contribution in [2.24, 2.45) is 0 Å². The highest BCUT2D eigenvalue weighted by atomic mass is 15.4. The minimum Gasteiger partial charge on any atom is -0.246 e. The molecule has 0 N–H and O–H groups in total. The maximum absolute atomic E-state index is 4.56. The number of hydrogen-bond donors (Lipinski definition) is 0. The Balaban J connectivity index is 1.63. The van der Waals surface area contributed by atoms with Gasteiger partial charge >= 0.3 is 0 Å². The minimum absolute atomic E-state index is 0.482. The van der Waals surface area contributed by atoms with Gasteiger partial charge in [-0.3, -0.25) is 0 Å². The predicted molar refractivity (Wildman–Crippen MR) is 74.1 cm³/mol. The summed E-state index contributed by atoms with van der Waals surface area (Å²) in [6, 6.07) is 9.26. The smallest absolute Gasteiger partial charge is 0.138 e. The summed E-state index contributed by atoms with van der Waals surface area (Å²) in [5.41, 5.74) is 2.97. The van der Waals surface area contributed by atoms with Crippen molar-refractivity contribution in [1.82, 2.24) is 14.8 Å². The Morgan fingerprint density at radius 1 is 1.00 bits per heavy atom. The summed E-state index contributed by atoms with van der Waals surface area (Å²) in [5.74, 6) is 1.88. The lowest BCUT2D eigenvalue weighted by Crippen LogP contribution is -2.16. The zero-order valence-corrected chi connectivity index (χ0v) is 11.1. The van der Waals surface area contributed by atoms with E-state index in [1.807, 2.05) is 0 Å². The second kappa shape index (κ2) is 4.48. The van der Waals surface area contributed by atoms with Crippen LogP contribution in [0, 0.1) is 0 Å². The molecule has 0 unspecified atom stereocenters. The maximum atomic E-state index is 4.56. The molecule has 0 amide bonds. The van der Waals surface area contributed by atoms with E-state index in [1.165, 1.54) is 42.6 Å². The van der Waals surface area contributed by atoms with Crippen LogP contribution >= 0.6 is 0 Å². The third kappa shape index (κ3) is 1.88.